The van der Waals surface area contributed by atoms with Gasteiger partial charge < -0.3 is 15.4 Å². The number of aldehydes is 1. The Hall–Kier alpha value is -1.40. The third-order valence-electron chi connectivity index (χ3n) is 5.58. The molecule has 0 amide bonds. The molecule has 3 saturated carbocycles. The summed E-state index contributed by atoms with van der Waals surface area (Å²) in [7, 11) is 0. The first-order valence-electron chi connectivity index (χ1n) is 9.07. The van der Waals surface area contributed by atoms with Gasteiger partial charge in [0.15, 0.2) is 0 Å². The van der Waals surface area contributed by atoms with Crippen LogP contribution in [0.15, 0.2) is 18.2 Å². The molecule has 136 valence electrons. The molecule has 2 N–H and O–H groups in total. The average molecular weight is 352 g/mol. The zero-order valence-corrected chi connectivity index (χ0v) is 14.0. The van der Waals surface area contributed by atoms with Crippen molar-refractivity contribution in [1.82, 2.24) is 10.6 Å². The van der Waals surface area contributed by atoms with Crippen LogP contribution in [0.3, 0.4) is 0 Å². The Bertz CT molecular complexity index is 654. The fourth-order valence-corrected chi connectivity index (χ4v) is 3.70. The number of carbonyl (C=O) groups is 1. The van der Waals surface area contributed by atoms with Crippen LogP contribution in [-0.4, -0.2) is 30.8 Å². The van der Waals surface area contributed by atoms with E-state index < -0.39 is 23.8 Å². The van der Waals surface area contributed by atoms with Crippen LogP contribution in [0.5, 0.6) is 0 Å². The molecule has 3 atom stereocenters. The van der Waals surface area contributed by atoms with Gasteiger partial charge in [0.2, 0.25) is 0 Å². The van der Waals surface area contributed by atoms with E-state index in [9.17, 15) is 18.0 Å². The van der Waals surface area contributed by atoms with Crippen LogP contribution in [0.2, 0.25) is 0 Å². The van der Waals surface area contributed by atoms with Crippen molar-refractivity contribution in [2.75, 3.05) is 6.54 Å². The molecule has 4 rings (SSSR count). The molecule has 3 unspecified atom stereocenters. The highest BCUT2D eigenvalue weighted by atomic mass is 19.3. The van der Waals surface area contributed by atoms with Crippen molar-refractivity contribution in [3.8, 4) is 0 Å². The Morgan fingerprint density at radius 1 is 1.28 bits per heavy atom. The minimum Gasteiger partial charge on any atom is -0.313 e. The number of hydrogen-bond acceptors (Lipinski definition) is 3. The molecule has 0 radical (unpaired) electrons. The zero-order valence-electron chi connectivity index (χ0n) is 14.0. The van der Waals surface area contributed by atoms with Crippen LogP contribution < -0.4 is 10.6 Å². The molecular formula is C19H23F3N2O. The number of rotatable bonds is 8. The van der Waals surface area contributed by atoms with E-state index in [-0.39, 0.29) is 18.4 Å². The van der Waals surface area contributed by atoms with Crippen LogP contribution in [0.1, 0.15) is 55.2 Å². The minimum atomic E-state index is -2.67. The van der Waals surface area contributed by atoms with Crippen LogP contribution in [-0.2, 0) is 4.79 Å². The van der Waals surface area contributed by atoms with Crippen molar-refractivity contribution in [2.24, 2.45) is 5.92 Å². The van der Waals surface area contributed by atoms with Crippen molar-refractivity contribution in [1.29, 1.82) is 0 Å². The lowest BCUT2D eigenvalue weighted by molar-refractivity contribution is -0.114. The highest BCUT2D eigenvalue weighted by Crippen LogP contribution is 2.43. The summed E-state index contributed by atoms with van der Waals surface area (Å²) in [6.07, 6.45) is 3.64. The Morgan fingerprint density at radius 3 is 2.68 bits per heavy atom. The minimum absolute atomic E-state index is 0.260. The second-order valence-corrected chi connectivity index (χ2v) is 7.82. The summed E-state index contributed by atoms with van der Waals surface area (Å²) in [6, 6.07) is 3.98. The highest BCUT2D eigenvalue weighted by Gasteiger charge is 2.46. The van der Waals surface area contributed by atoms with Crippen molar-refractivity contribution >= 4 is 6.29 Å². The van der Waals surface area contributed by atoms with Crippen LogP contribution in [0, 0.1) is 11.7 Å². The van der Waals surface area contributed by atoms with Gasteiger partial charge in [-0.3, -0.25) is 0 Å². The maximum Gasteiger partial charge on any atom is 0.251 e. The Labute approximate surface area is 145 Å². The molecular weight excluding hydrogens is 329 g/mol. The Kier molecular flexibility index (Phi) is 4.36. The molecule has 3 nitrogen and oxygen atoms in total. The van der Waals surface area contributed by atoms with Crippen molar-refractivity contribution in [2.45, 2.75) is 62.1 Å². The van der Waals surface area contributed by atoms with Gasteiger partial charge in [0, 0.05) is 36.4 Å². The van der Waals surface area contributed by atoms with E-state index in [2.05, 4.69) is 10.6 Å². The van der Waals surface area contributed by atoms with E-state index in [1.165, 1.54) is 18.9 Å². The maximum atomic E-state index is 14.2. The summed E-state index contributed by atoms with van der Waals surface area (Å²) in [5.74, 6) is -1.98. The second kappa shape index (κ2) is 6.40. The van der Waals surface area contributed by atoms with Crippen LogP contribution >= 0.6 is 0 Å². The number of benzene rings is 1. The number of alkyl halides is 2. The van der Waals surface area contributed by atoms with Crippen LogP contribution in [0.4, 0.5) is 13.2 Å². The normalized spacial score (nSPS) is 29.1. The molecule has 0 aromatic heterocycles. The van der Waals surface area contributed by atoms with Gasteiger partial charge in [-0.2, -0.15) is 0 Å². The van der Waals surface area contributed by atoms with Gasteiger partial charge in [-0.25, -0.2) is 13.2 Å². The lowest BCUT2D eigenvalue weighted by Crippen LogP contribution is -2.49. The van der Waals surface area contributed by atoms with E-state index in [1.54, 1.807) is 12.1 Å². The summed E-state index contributed by atoms with van der Waals surface area (Å²) in [6.45, 7) is 1.05. The third kappa shape index (κ3) is 3.90. The second-order valence-electron chi connectivity index (χ2n) is 7.82. The monoisotopic (exact) mass is 352 g/mol. The van der Waals surface area contributed by atoms with Gasteiger partial charge in [-0.05, 0) is 43.4 Å². The van der Waals surface area contributed by atoms with E-state index >= 15 is 0 Å². The predicted molar refractivity (Wildman–Crippen MR) is 88.2 cm³/mol. The first kappa shape index (κ1) is 17.0. The van der Waals surface area contributed by atoms with Gasteiger partial charge in [-0.1, -0.05) is 12.1 Å². The smallest absolute Gasteiger partial charge is 0.251 e. The molecule has 0 saturated heterocycles. The molecule has 3 aliphatic rings. The maximum absolute atomic E-state index is 14.2. The fraction of sp³-hybridized carbons (Fsp3) is 0.632. The molecule has 1 aromatic carbocycles. The van der Waals surface area contributed by atoms with E-state index in [0.717, 1.165) is 24.4 Å². The first-order chi connectivity index (χ1) is 11.9. The van der Waals surface area contributed by atoms with E-state index in [4.69, 9.17) is 0 Å². The lowest BCUT2D eigenvalue weighted by atomic mass is 9.87. The highest BCUT2D eigenvalue weighted by molar-refractivity contribution is 5.62. The molecule has 3 aliphatic carbocycles. The van der Waals surface area contributed by atoms with Gasteiger partial charge in [0.25, 0.3) is 5.92 Å². The molecule has 0 spiro atoms. The summed E-state index contributed by atoms with van der Waals surface area (Å²) in [4.78, 5) is 11.4. The summed E-state index contributed by atoms with van der Waals surface area (Å²) < 4.78 is 40.2. The molecule has 0 heterocycles. The fourth-order valence-electron chi connectivity index (χ4n) is 3.70. The first-order valence-corrected chi connectivity index (χ1v) is 9.07. The number of hydrogen-bond donors (Lipinski definition) is 2. The molecule has 1 aromatic rings. The topological polar surface area (TPSA) is 41.1 Å². The standard InChI is InChI=1S/C19H23F3N2O/c20-16-4-3-12(14-6-17(14)23-9-11-1-2-11)5-15(16)18(10-25)24-13-7-19(21,22)8-13/h3-5,10-11,13-14,17-18,23-24H,1-2,6-9H2. The summed E-state index contributed by atoms with van der Waals surface area (Å²) in [5.41, 5.74) is 1.27. The quantitative estimate of drug-likeness (QED) is 0.706. The number of nitrogens with one attached hydrogen (secondary N) is 2. The van der Waals surface area contributed by atoms with Crippen molar-refractivity contribution in [3.63, 3.8) is 0 Å². The van der Waals surface area contributed by atoms with Crippen LogP contribution in [0.25, 0.3) is 0 Å². The Morgan fingerprint density at radius 2 is 2.04 bits per heavy atom. The van der Waals surface area contributed by atoms with Gasteiger partial charge in [0.1, 0.15) is 12.1 Å². The summed E-state index contributed by atoms with van der Waals surface area (Å²) >= 11 is 0. The largest absolute Gasteiger partial charge is 0.313 e. The molecule has 0 bridgehead atoms. The Balaban J connectivity index is 1.40. The molecule has 25 heavy (non-hydrogen) atoms. The number of carbonyl (C=O) groups excluding carboxylic acids is 1. The third-order valence-corrected chi connectivity index (χ3v) is 5.58. The van der Waals surface area contributed by atoms with Crippen molar-refractivity contribution < 1.29 is 18.0 Å². The predicted octanol–water partition coefficient (Wildman–Crippen LogP) is 3.31. The SMILES string of the molecule is O=CC(NC1CC(F)(F)C1)c1cc(C2CC2NCC2CC2)ccc1F. The van der Waals surface area contributed by atoms with Gasteiger partial charge in [0.05, 0.1) is 6.04 Å². The van der Waals surface area contributed by atoms with E-state index in [0.29, 0.717) is 18.2 Å². The number of halogens is 3. The van der Waals surface area contributed by atoms with E-state index in [1.807, 2.05) is 0 Å². The zero-order chi connectivity index (χ0) is 17.6. The molecule has 0 aliphatic heterocycles. The van der Waals surface area contributed by atoms with Gasteiger partial charge >= 0.3 is 0 Å². The van der Waals surface area contributed by atoms with Gasteiger partial charge in [-0.15, -0.1) is 0 Å². The van der Waals surface area contributed by atoms with Crippen molar-refractivity contribution in [3.05, 3.63) is 35.1 Å². The average Bonchev–Trinajstić information content (AvgIpc) is 3.43. The summed E-state index contributed by atoms with van der Waals surface area (Å²) in [5, 5.41) is 6.40. The molecule has 6 heteroatoms. The molecule has 3 fully saturated rings. The lowest BCUT2D eigenvalue weighted by Gasteiger charge is -2.37.